The van der Waals surface area contributed by atoms with E-state index in [0.29, 0.717) is 46.2 Å². The number of quaternary nitrogens is 1. The van der Waals surface area contributed by atoms with Gasteiger partial charge in [0.05, 0.1) is 36.2 Å². The summed E-state index contributed by atoms with van der Waals surface area (Å²) in [6, 6.07) is 11.3. The molecule has 2 aromatic carbocycles. The largest absolute Gasteiger partial charge is 0.507 e. The van der Waals surface area contributed by atoms with Gasteiger partial charge in [-0.1, -0.05) is 18.2 Å². The second-order valence-electron chi connectivity index (χ2n) is 7.98. The number of phenolic OH excluding ortho intramolecular Hbond substituents is 1. The van der Waals surface area contributed by atoms with E-state index in [1.54, 1.807) is 26.2 Å². The molecular weight excluding hydrogens is 366 g/mol. The van der Waals surface area contributed by atoms with E-state index >= 15 is 0 Å². The minimum absolute atomic E-state index is 0.101. The number of likely N-dealkylation sites (tertiary alicyclic amines) is 1. The first kappa shape index (κ1) is 19.5. The van der Waals surface area contributed by atoms with E-state index < -0.39 is 0 Å². The van der Waals surface area contributed by atoms with E-state index in [-0.39, 0.29) is 11.2 Å². The molecule has 1 aliphatic rings. The van der Waals surface area contributed by atoms with Gasteiger partial charge in [0.2, 0.25) is 5.43 Å². The SMILES string of the molecule is COc1ccccc1-c1c(C)oc2c(C[NH+]3CCCC[C@H]3C)c(O)ccc2c1=O. The Morgan fingerprint density at radius 1 is 1.21 bits per heavy atom. The zero-order valence-corrected chi connectivity index (χ0v) is 17.2. The molecule has 1 aliphatic heterocycles. The van der Waals surface area contributed by atoms with Gasteiger partial charge in [0.1, 0.15) is 23.8 Å². The van der Waals surface area contributed by atoms with Crippen LogP contribution >= 0.6 is 0 Å². The predicted octanol–water partition coefficient (Wildman–Crippen LogP) is 3.44. The Hall–Kier alpha value is -2.79. The maximum absolute atomic E-state index is 13.4. The Morgan fingerprint density at radius 2 is 2.00 bits per heavy atom. The highest BCUT2D eigenvalue weighted by Gasteiger charge is 2.26. The van der Waals surface area contributed by atoms with Gasteiger partial charge >= 0.3 is 0 Å². The molecule has 0 bridgehead atoms. The summed E-state index contributed by atoms with van der Waals surface area (Å²) in [5.74, 6) is 1.35. The molecule has 0 amide bonds. The van der Waals surface area contributed by atoms with Crippen molar-refractivity contribution in [3.05, 3.63) is 57.9 Å². The first-order valence-electron chi connectivity index (χ1n) is 10.3. The molecule has 2 heterocycles. The number of rotatable bonds is 4. The third-order valence-electron chi connectivity index (χ3n) is 6.18. The summed E-state index contributed by atoms with van der Waals surface area (Å²) in [4.78, 5) is 14.9. The second kappa shape index (κ2) is 7.91. The Bertz CT molecular complexity index is 1100. The number of hydrogen-bond acceptors (Lipinski definition) is 4. The Morgan fingerprint density at radius 3 is 2.76 bits per heavy atom. The molecular formula is C24H28NO4+. The molecule has 1 unspecified atom stereocenters. The number of piperidine rings is 1. The monoisotopic (exact) mass is 394 g/mol. The lowest BCUT2D eigenvalue weighted by atomic mass is 9.99. The Kier molecular flexibility index (Phi) is 5.33. The molecule has 5 nitrogen and oxygen atoms in total. The molecule has 29 heavy (non-hydrogen) atoms. The number of aryl methyl sites for hydroxylation is 1. The van der Waals surface area contributed by atoms with Crippen LogP contribution in [0.1, 0.15) is 37.5 Å². The van der Waals surface area contributed by atoms with Crippen LogP contribution in [0.25, 0.3) is 22.1 Å². The van der Waals surface area contributed by atoms with E-state index in [9.17, 15) is 9.90 Å². The number of nitrogens with one attached hydrogen (secondary N) is 1. The summed E-state index contributed by atoms with van der Waals surface area (Å²) in [7, 11) is 1.59. The van der Waals surface area contributed by atoms with Gasteiger partial charge in [-0.15, -0.1) is 0 Å². The molecule has 0 radical (unpaired) electrons. The standard InChI is InChI=1S/C24H27NO4/c1-15-8-6-7-13-25(15)14-19-20(26)12-11-18-23(27)22(16(2)29-24(18)19)17-9-4-5-10-21(17)28-3/h4-5,9-12,15,26H,6-8,13-14H2,1-3H3/p+1/t15-/m1/s1. The van der Waals surface area contributed by atoms with Crippen LogP contribution in [0.4, 0.5) is 0 Å². The topological polar surface area (TPSA) is 64.1 Å². The van der Waals surface area contributed by atoms with Gasteiger partial charge in [-0.3, -0.25) is 4.79 Å². The van der Waals surface area contributed by atoms with Crippen molar-refractivity contribution in [2.75, 3.05) is 13.7 Å². The number of phenols is 1. The highest BCUT2D eigenvalue weighted by atomic mass is 16.5. The summed E-state index contributed by atoms with van der Waals surface area (Å²) in [6.45, 7) is 5.77. The molecule has 0 saturated carbocycles. The maximum Gasteiger partial charge on any atom is 0.200 e. The number of para-hydroxylation sites is 1. The fraction of sp³-hybridized carbons (Fsp3) is 0.375. The van der Waals surface area contributed by atoms with Gasteiger partial charge in [-0.25, -0.2) is 0 Å². The fourth-order valence-electron chi connectivity index (χ4n) is 4.49. The summed E-state index contributed by atoms with van der Waals surface area (Å²) in [5.41, 5.74) is 2.34. The molecule has 0 aliphatic carbocycles. The van der Waals surface area contributed by atoms with Gasteiger partial charge in [-0.2, -0.15) is 0 Å². The normalized spacial score (nSPS) is 19.4. The van der Waals surface area contributed by atoms with Crippen LogP contribution < -0.4 is 15.1 Å². The summed E-state index contributed by atoms with van der Waals surface area (Å²) in [6.07, 6.45) is 3.62. The van der Waals surface area contributed by atoms with Crippen LogP contribution in [0, 0.1) is 6.92 Å². The van der Waals surface area contributed by atoms with Crippen LogP contribution in [-0.4, -0.2) is 24.8 Å². The zero-order chi connectivity index (χ0) is 20.5. The van der Waals surface area contributed by atoms with Crippen LogP contribution in [-0.2, 0) is 6.54 Å². The van der Waals surface area contributed by atoms with Gasteiger partial charge in [-0.05, 0) is 51.3 Å². The third-order valence-corrected chi connectivity index (χ3v) is 6.18. The van der Waals surface area contributed by atoms with Crippen molar-refractivity contribution in [3.63, 3.8) is 0 Å². The minimum atomic E-state index is -0.101. The van der Waals surface area contributed by atoms with Crippen LogP contribution in [0.15, 0.2) is 45.6 Å². The number of fused-ring (bicyclic) bond motifs is 1. The van der Waals surface area contributed by atoms with E-state index in [4.69, 9.17) is 9.15 Å². The van der Waals surface area contributed by atoms with Crippen molar-refractivity contribution < 1.29 is 19.2 Å². The van der Waals surface area contributed by atoms with Crippen LogP contribution in [0.5, 0.6) is 11.5 Å². The first-order valence-corrected chi connectivity index (χ1v) is 10.3. The Labute approximate surface area is 170 Å². The highest BCUT2D eigenvalue weighted by molar-refractivity contribution is 5.87. The van der Waals surface area contributed by atoms with Crippen LogP contribution in [0.3, 0.4) is 0 Å². The Balaban J connectivity index is 1.88. The molecule has 1 fully saturated rings. The summed E-state index contributed by atoms with van der Waals surface area (Å²) in [5, 5.41) is 11.1. The smallest absolute Gasteiger partial charge is 0.200 e. The molecule has 2 atom stereocenters. The highest BCUT2D eigenvalue weighted by Crippen LogP contribution is 2.33. The number of aromatic hydroxyl groups is 1. The van der Waals surface area contributed by atoms with Crippen molar-refractivity contribution in [3.8, 4) is 22.6 Å². The van der Waals surface area contributed by atoms with E-state index in [0.717, 1.165) is 12.1 Å². The lowest BCUT2D eigenvalue weighted by molar-refractivity contribution is -0.941. The molecule has 2 N–H and O–H groups in total. The molecule has 1 aromatic heterocycles. The van der Waals surface area contributed by atoms with Crippen molar-refractivity contribution in [1.82, 2.24) is 0 Å². The van der Waals surface area contributed by atoms with Crippen molar-refractivity contribution in [1.29, 1.82) is 0 Å². The van der Waals surface area contributed by atoms with E-state index in [1.807, 2.05) is 24.3 Å². The quantitative estimate of drug-likeness (QED) is 0.712. The van der Waals surface area contributed by atoms with Crippen molar-refractivity contribution >= 4 is 11.0 Å². The number of benzene rings is 2. The zero-order valence-electron chi connectivity index (χ0n) is 17.2. The van der Waals surface area contributed by atoms with Gasteiger partial charge in [0, 0.05) is 5.56 Å². The van der Waals surface area contributed by atoms with E-state index in [1.165, 1.54) is 24.2 Å². The molecule has 5 heteroatoms. The summed E-state index contributed by atoms with van der Waals surface area (Å²) >= 11 is 0. The van der Waals surface area contributed by atoms with Crippen molar-refractivity contribution in [2.24, 2.45) is 0 Å². The van der Waals surface area contributed by atoms with Crippen molar-refractivity contribution in [2.45, 2.75) is 45.7 Å². The maximum atomic E-state index is 13.4. The number of methoxy groups -OCH3 is 1. The minimum Gasteiger partial charge on any atom is -0.507 e. The third kappa shape index (κ3) is 3.51. The van der Waals surface area contributed by atoms with Gasteiger partial charge in [0.25, 0.3) is 0 Å². The van der Waals surface area contributed by atoms with Crippen LogP contribution in [0.2, 0.25) is 0 Å². The molecule has 4 rings (SSSR count). The lowest BCUT2D eigenvalue weighted by Gasteiger charge is -2.30. The summed E-state index contributed by atoms with van der Waals surface area (Å²) < 4.78 is 11.6. The average Bonchev–Trinajstić information content (AvgIpc) is 2.72. The molecule has 3 aromatic rings. The molecule has 152 valence electrons. The molecule has 1 saturated heterocycles. The second-order valence-corrected chi connectivity index (χ2v) is 7.98. The first-order chi connectivity index (χ1) is 14.0. The van der Waals surface area contributed by atoms with Gasteiger partial charge < -0.3 is 19.2 Å². The van der Waals surface area contributed by atoms with Gasteiger partial charge in [0.15, 0.2) is 5.58 Å². The predicted molar refractivity (Wildman–Crippen MR) is 114 cm³/mol. The lowest BCUT2D eigenvalue weighted by Crippen LogP contribution is -3.14. The molecule has 0 spiro atoms. The average molecular weight is 394 g/mol. The van der Waals surface area contributed by atoms with E-state index in [2.05, 4.69) is 6.92 Å². The number of ether oxygens (including phenoxy) is 1. The fourth-order valence-corrected chi connectivity index (χ4v) is 4.49. The number of hydrogen-bond donors (Lipinski definition) is 2.